The second-order valence-corrected chi connectivity index (χ2v) is 10.4. The van der Waals surface area contributed by atoms with E-state index in [2.05, 4.69) is 15.0 Å². The number of pyridine rings is 1. The quantitative estimate of drug-likeness (QED) is 0.386. The average molecular weight is 489 g/mol. The van der Waals surface area contributed by atoms with Gasteiger partial charge in [-0.25, -0.2) is 9.78 Å². The molecule has 5 rings (SSSR count). The van der Waals surface area contributed by atoms with Crippen molar-refractivity contribution in [1.29, 1.82) is 0 Å². The van der Waals surface area contributed by atoms with Crippen molar-refractivity contribution in [2.45, 2.75) is 88.6 Å². The zero-order valence-corrected chi connectivity index (χ0v) is 20.8. The Balaban J connectivity index is 1.40. The maximum atomic E-state index is 13.1. The molecule has 1 amide bonds. The van der Waals surface area contributed by atoms with Crippen molar-refractivity contribution in [2.24, 2.45) is 0 Å². The lowest BCUT2D eigenvalue weighted by Crippen LogP contribution is -2.42. The second-order valence-electron chi connectivity index (χ2n) is 10.4. The normalized spacial score (nSPS) is 18.1. The van der Waals surface area contributed by atoms with E-state index in [0.29, 0.717) is 17.5 Å². The van der Waals surface area contributed by atoms with E-state index in [4.69, 9.17) is 4.98 Å². The van der Waals surface area contributed by atoms with Crippen LogP contribution in [0.1, 0.15) is 91.7 Å². The fourth-order valence-corrected chi connectivity index (χ4v) is 5.74. The highest BCUT2D eigenvalue weighted by molar-refractivity contribution is 5.97. The van der Waals surface area contributed by atoms with E-state index in [1.54, 1.807) is 12.1 Å². The van der Waals surface area contributed by atoms with Gasteiger partial charge in [0.05, 0.1) is 5.69 Å². The summed E-state index contributed by atoms with van der Waals surface area (Å²) in [6, 6.07) is 12.4. The predicted molar refractivity (Wildman–Crippen MR) is 141 cm³/mol. The van der Waals surface area contributed by atoms with Crippen LogP contribution in [-0.4, -0.2) is 38.5 Å². The van der Waals surface area contributed by atoms with E-state index in [1.807, 2.05) is 36.5 Å². The minimum Gasteiger partial charge on any atom is -0.480 e. The van der Waals surface area contributed by atoms with Crippen LogP contribution in [0.3, 0.4) is 0 Å². The van der Waals surface area contributed by atoms with Crippen LogP contribution in [0.25, 0.3) is 5.65 Å². The van der Waals surface area contributed by atoms with Gasteiger partial charge in [0.2, 0.25) is 0 Å². The third-order valence-corrected chi connectivity index (χ3v) is 7.74. The van der Waals surface area contributed by atoms with Gasteiger partial charge in [-0.3, -0.25) is 9.20 Å². The molecule has 0 saturated heterocycles. The monoisotopic (exact) mass is 488 g/mol. The van der Waals surface area contributed by atoms with Crippen molar-refractivity contribution >= 4 is 23.3 Å². The van der Waals surface area contributed by atoms with Crippen molar-refractivity contribution in [1.82, 2.24) is 14.7 Å². The van der Waals surface area contributed by atoms with Crippen molar-refractivity contribution < 1.29 is 14.7 Å². The summed E-state index contributed by atoms with van der Waals surface area (Å²) in [5.41, 5.74) is 3.14. The Morgan fingerprint density at radius 3 is 2.36 bits per heavy atom. The van der Waals surface area contributed by atoms with E-state index in [1.165, 1.54) is 51.4 Å². The number of carbonyl (C=O) groups excluding carboxylic acids is 1. The smallest absolute Gasteiger partial charge is 0.326 e. The summed E-state index contributed by atoms with van der Waals surface area (Å²) in [6.07, 6.45) is 14.3. The molecule has 2 fully saturated rings. The molecular formula is C29H36N4O3. The summed E-state index contributed by atoms with van der Waals surface area (Å²) in [6.45, 7) is 0. The number of rotatable bonds is 8. The number of nitrogens with one attached hydrogen (secondary N) is 2. The number of amides is 1. The first-order valence-corrected chi connectivity index (χ1v) is 13.4. The Bertz CT molecular complexity index is 1190. The topological polar surface area (TPSA) is 95.7 Å². The number of benzene rings is 1. The molecule has 0 bridgehead atoms. The Morgan fingerprint density at radius 2 is 1.67 bits per heavy atom. The van der Waals surface area contributed by atoms with Gasteiger partial charge in [-0.2, -0.15) is 0 Å². The minimum absolute atomic E-state index is 0.231. The van der Waals surface area contributed by atoms with Crippen molar-refractivity contribution in [3.05, 3.63) is 65.5 Å². The Morgan fingerprint density at radius 1 is 0.972 bits per heavy atom. The molecule has 1 unspecified atom stereocenters. The van der Waals surface area contributed by atoms with Crippen LogP contribution in [0.2, 0.25) is 0 Å². The molecule has 3 N–H and O–H groups in total. The third kappa shape index (κ3) is 5.55. The van der Waals surface area contributed by atoms with E-state index < -0.39 is 17.9 Å². The predicted octanol–water partition coefficient (Wildman–Crippen LogP) is 5.55. The second kappa shape index (κ2) is 11.1. The zero-order valence-electron chi connectivity index (χ0n) is 20.8. The molecule has 3 aromatic rings. The Labute approximate surface area is 212 Å². The average Bonchev–Trinajstić information content (AvgIpc) is 3.27. The molecular weight excluding hydrogens is 452 g/mol. The lowest BCUT2D eigenvalue weighted by atomic mass is 9.86. The summed E-state index contributed by atoms with van der Waals surface area (Å²) >= 11 is 0. The van der Waals surface area contributed by atoms with Crippen LogP contribution in [0.5, 0.6) is 0 Å². The first-order chi connectivity index (χ1) is 17.6. The molecule has 2 heterocycles. The number of hydrogen-bond donors (Lipinski definition) is 3. The molecule has 1 aromatic carbocycles. The summed E-state index contributed by atoms with van der Waals surface area (Å²) in [5.74, 6) is 0.0602. The molecule has 2 aromatic heterocycles. The van der Waals surface area contributed by atoms with Gasteiger partial charge < -0.3 is 15.7 Å². The summed E-state index contributed by atoms with van der Waals surface area (Å²) in [7, 11) is 0. The number of aromatic nitrogens is 2. The SMILES string of the molecule is O=C(NC(Cc1ccccc1)C(=O)O)c1ccn2c(NC3CCCCC3)c(C3CCCCC3)nc2c1. The summed E-state index contributed by atoms with van der Waals surface area (Å²) in [5, 5.41) is 16.2. The van der Waals surface area contributed by atoms with Crippen LogP contribution in [0, 0.1) is 0 Å². The van der Waals surface area contributed by atoms with Gasteiger partial charge in [0, 0.05) is 30.1 Å². The van der Waals surface area contributed by atoms with Crippen molar-refractivity contribution in [2.75, 3.05) is 5.32 Å². The third-order valence-electron chi connectivity index (χ3n) is 7.74. The first kappa shape index (κ1) is 24.3. The molecule has 7 nitrogen and oxygen atoms in total. The van der Waals surface area contributed by atoms with Crippen LogP contribution in [0.4, 0.5) is 5.82 Å². The Kier molecular flexibility index (Phi) is 7.54. The number of aliphatic carboxylic acids is 1. The molecule has 0 radical (unpaired) electrons. The van der Waals surface area contributed by atoms with E-state index in [9.17, 15) is 14.7 Å². The lowest BCUT2D eigenvalue weighted by molar-refractivity contribution is -0.139. The number of hydrogen-bond acceptors (Lipinski definition) is 4. The lowest BCUT2D eigenvalue weighted by Gasteiger charge is -2.26. The number of anilines is 1. The highest BCUT2D eigenvalue weighted by Gasteiger charge is 2.26. The van der Waals surface area contributed by atoms with Gasteiger partial charge in [-0.1, -0.05) is 68.9 Å². The highest BCUT2D eigenvalue weighted by atomic mass is 16.4. The first-order valence-electron chi connectivity index (χ1n) is 13.4. The van der Waals surface area contributed by atoms with Gasteiger partial charge in [-0.05, 0) is 43.4 Å². The molecule has 190 valence electrons. The van der Waals surface area contributed by atoms with Gasteiger partial charge in [0.1, 0.15) is 17.5 Å². The Hall–Kier alpha value is -3.35. The molecule has 2 saturated carbocycles. The maximum absolute atomic E-state index is 13.1. The van der Waals surface area contributed by atoms with E-state index in [0.717, 1.165) is 35.6 Å². The number of carbonyl (C=O) groups is 2. The molecule has 1 atom stereocenters. The fourth-order valence-electron chi connectivity index (χ4n) is 5.74. The number of nitrogens with zero attached hydrogens (tertiary/aromatic N) is 2. The van der Waals surface area contributed by atoms with Gasteiger partial charge in [-0.15, -0.1) is 0 Å². The molecule has 2 aliphatic rings. The van der Waals surface area contributed by atoms with Gasteiger partial charge in [0.15, 0.2) is 0 Å². The fraction of sp³-hybridized carbons (Fsp3) is 0.483. The van der Waals surface area contributed by atoms with Crippen molar-refractivity contribution in [3.63, 3.8) is 0 Å². The van der Waals surface area contributed by atoms with Crippen LogP contribution in [-0.2, 0) is 11.2 Å². The summed E-state index contributed by atoms with van der Waals surface area (Å²) in [4.78, 5) is 30.0. The maximum Gasteiger partial charge on any atom is 0.326 e. The van der Waals surface area contributed by atoms with Crippen LogP contribution in [0.15, 0.2) is 48.7 Å². The van der Waals surface area contributed by atoms with Gasteiger partial charge in [0.25, 0.3) is 5.91 Å². The van der Waals surface area contributed by atoms with E-state index >= 15 is 0 Å². The standard InChI is InChI=1S/C29H36N4O3/c34-28(31-24(29(35)36)18-20-10-4-1-5-11-20)22-16-17-33-25(19-22)32-26(21-12-6-2-7-13-21)27(33)30-23-14-8-3-9-15-23/h1,4-5,10-11,16-17,19,21,23-24,30H,2-3,6-9,12-15,18H2,(H,31,34)(H,35,36). The van der Waals surface area contributed by atoms with Crippen LogP contribution >= 0.6 is 0 Å². The molecule has 2 aliphatic carbocycles. The summed E-state index contributed by atoms with van der Waals surface area (Å²) < 4.78 is 2.08. The minimum atomic E-state index is -1.05. The number of carboxylic acid groups (broad SMARTS) is 1. The van der Waals surface area contributed by atoms with Gasteiger partial charge >= 0.3 is 5.97 Å². The number of fused-ring (bicyclic) bond motifs is 1. The zero-order chi connectivity index (χ0) is 24.9. The number of imidazole rings is 1. The van der Waals surface area contributed by atoms with E-state index in [-0.39, 0.29) is 6.42 Å². The highest BCUT2D eigenvalue weighted by Crippen LogP contribution is 2.37. The van der Waals surface area contributed by atoms with Crippen LogP contribution < -0.4 is 10.6 Å². The number of carboxylic acids is 1. The molecule has 7 heteroatoms. The largest absolute Gasteiger partial charge is 0.480 e. The van der Waals surface area contributed by atoms with Crippen molar-refractivity contribution in [3.8, 4) is 0 Å². The molecule has 0 aliphatic heterocycles. The molecule has 36 heavy (non-hydrogen) atoms. The molecule has 0 spiro atoms.